The summed E-state index contributed by atoms with van der Waals surface area (Å²) in [7, 11) is 0. The summed E-state index contributed by atoms with van der Waals surface area (Å²) in [6.07, 6.45) is 7.30. The summed E-state index contributed by atoms with van der Waals surface area (Å²) >= 11 is 0. The maximum atomic E-state index is 12.4. The van der Waals surface area contributed by atoms with Crippen LogP contribution in [0.3, 0.4) is 0 Å². The first-order valence-electron chi connectivity index (χ1n) is 9.02. The normalized spacial score (nSPS) is 33.6. The quantitative estimate of drug-likeness (QED) is 0.840. The second-order valence-electron chi connectivity index (χ2n) is 8.30. The van der Waals surface area contributed by atoms with Crippen molar-refractivity contribution in [3.05, 3.63) is 0 Å². The topological polar surface area (TPSA) is 41.6 Å². The van der Waals surface area contributed by atoms with Crippen LogP contribution < -0.4 is 5.32 Å². The van der Waals surface area contributed by atoms with Gasteiger partial charge in [0.2, 0.25) is 0 Å². The predicted molar refractivity (Wildman–Crippen MR) is 90.0 cm³/mol. The van der Waals surface area contributed by atoms with Crippen LogP contribution in [0.4, 0.5) is 4.79 Å². The molecule has 1 amide bonds. The van der Waals surface area contributed by atoms with Gasteiger partial charge in [-0.25, -0.2) is 4.79 Å². The molecule has 0 aromatic heterocycles. The summed E-state index contributed by atoms with van der Waals surface area (Å²) in [4.78, 5) is 14.3. The van der Waals surface area contributed by atoms with Gasteiger partial charge in [0.1, 0.15) is 5.60 Å². The molecule has 4 nitrogen and oxygen atoms in total. The van der Waals surface area contributed by atoms with E-state index in [0.29, 0.717) is 12.1 Å². The molecule has 1 saturated carbocycles. The molecule has 1 aliphatic heterocycles. The van der Waals surface area contributed by atoms with Crippen LogP contribution in [0.2, 0.25) is 0 Å². The highest BCUT2D eigenvalue weighted by Crippen LogP contribution is 2.26. The smallest absolute Gasteiger partial charge is 0.410 e. The standard InChI is InChI=1S/C18H34N2O2/c1-13-8-6-9-15(12-13)19-16-10-7-11-20(14(16)2)17(21)22-18(3,4)5/h13-16,19H,6-12H2,1-5H3. The lowest BCUT2D eigenvalue weighted by Gasteiger charge is -2.42. The van der Waals surface area contributed by atoms with Gasteiger partial charge in [-0.1, -0.05) is 19.8 Å². The fourth-order valence-electron chi connectivity index (χ4n) is 3.83. The maximum absolute atomic E-state index is 12.4. The molecule has 128 valence electrons. The SMILES string of the molecule is CC1CCCC(NC2CCCN(C(=O)OC(C)(C)C)C2C)C1. The largest absolute Gasteiger partial charge is 0.444 e. The van der Waals surface area contributed by atoms with Gasteiger partial charge in [-0.2, -0.15) is 0 Å². The molecule has 2 fully saturated rings. The number of ether oxygens (including phenoxy) is 1. The average molecular weight is 310 g/mol. The van der Waals surface area contributed by atoms with Crippen molar-refractivity contribution in [3.63, 3.8) is 0 Å². The van der Waals surface area contributed by atoms with Crippen molar-refractivity contribution in [1.29, 1.82) is 0 Å². The highest BCUT2D eigenvalue weighted by molar-refractivity contribution is 5.68. The van der Waals surface area contributed by atoms with Crippen LogP contribution in [0.5, 0.6) is 0 Å². The summed E-state index contributed by atoms with van der Waals surface area (Å²) in [5.74, 6) is 0.826. The second-order valence-corrected chi connectivity index (χ2v) is 8.30. The minimum absolute atomic E-state index is 0.163. The average Bonchev–Trinajstić information content (AvgIpc) is 2.39. The maximum Gasteiger partial charge on any atom is 0.410 e. The third-order valence-corrected chi connectivity index (χ3v) is 5.00. The molecule has 1 aliphatic carbocycles. The number of rotatable bonds is 2. The van der Waals surface area contributed by atoms with E-state index in [9.17, 15) is 4.79 Å². The van der Waals surface area contributed by atoms with E-state index in [1.807, 2.05) is 25.7 Å². The highest BCUT2D eigenvalue weighted by Gasteiger charge is 2.35. The van der Waals surface area contributed by atoms with Crippen LogP contribution in [0.1, 0.15) is 73.1 Å². The Morgan fingerprint density at radius 3 is 2.50 bits per heavy atom. The summed E-state index contributed by atoms with van der Waals surface area (Å²) < 4.78 is 5.56. The molecule has 0 aromatic carbocycles. The molecule has 4 unspecified atom stereocenters. The van der Waals surface area contributed by atoms with E-state index in [1.54, 1.807) is 0 Å². The number of hydrogen-bond donors (Lipinski definition) is 1. The fraction of sp³-hybridized carbons (Fsp3) is 0.944. The van der Waals surface area contributed by atoms with E-state index >= 15 is 0 Å². The van der Waals surface area contributed by atoms with Crippen LogP contribution in [0, 0.1) is 5.92 Å². The zero-order chi connectivity index (χ0) is 16.3. The summed E-state index contributed by atoms with van der Waals surface area (Å²) in [5, 5.41) is 3.84. The van der Waals surface area contributed by atoms with Gasteiger partial charge in [-0.15, -0.1) is 0 Å². The van der Waals surface area contributed by atoms with E-state index in [-0.39, 0.29) is 12.1 Å². The molecule has 0 radical (unpaired) electrons. The van der Waals surface area contributed by atoms with E-state index in [4.69, 9.17) is 4.74 Å². The molecule has 1 N–H and O–H groups in total. The van der Waals surface area contributed by atoms with E-state index in [2.05, 4.69) is 19.2 Å². The number of nitrogens with zero attached hydrogens (tertiary/aromatic N) is 1. The van der Waals surface area contributed by atoms with Gasteiger partial charge < -0.3 is 15.0 Å². The van der Waals surface area contributed by atoms with Crippen molar-refractivity contribution < 1.29 is 9.53 Å². The minimum atomic E-state index is -0.421. The Hall–Kier alpha value is -0.770. The fourth-order valence-corrected chi connectivity index (χ4v) is 3.83. The summed E-state index contributed by atoms with van der Waals surface area (Å²) in [5.41, 5.74) is -0.421. The Balaban J connectivity index is 1.91. The molecule has 0 bridgehead atoms. The number of nitrogens with one attached hydrogen (secondary N) is 1. The van der Waals surface area contributed by atoms with Gasteiger partial charge in [0.05, 0.1) is 0 Å². The Bertz CT molecular complexity index is 378. The molecule has 4 atom stereocenters. The number of carbonyl (C=O) groups excluding carboxylic acids is 1. The van der Waals surface area contributed by atoms with Crippen molar-refractivity contribution in [3.8, 4) is 0 Å². The van der Waals surface area contributed by atoms with Gasteiger partial charge >= 0.3 is 6.09 Å². The molecular formula is C18H34N2O2. The first kappa shape index (κ1) is 17.6. The third kappa shape index (κ3) is 4.87. The molecular weight excluding hydrogens is 276 g/mol. The molecule has 0 aromatic rings. The van der Waals surface area contributed by atoms with Crippen LogP contribution in [-0.4, -0.2) is 41.3 Å². The Morgan fingerprint density at radius 2 is 1.86 bits per heavy atom. The highest BCUT2D eigenvalue weighted by atomic mass is 16.6. The van der Waals surface area contributed by atoms with Crippen LogP contribution in [0.15, 0.2) is 0 Å². The van der Waals surface area contributed by atoms with Crippen molar-refractivity contribution in [2.45, 2.75) is 96.9 Å². The van der Waals surface area contributed by atoms with Gasteiger partial charge in [-0.3, -0.25) is 0 Å². The Morgan fingerprint density at radius 1 is 1.14 bits per heavy atom. The van der Waals surface area contributed by atoms with Crippen molar-refractivity contribution in [2.24, 2.45) is 5.92 Å². The number of hydrogen-bond acceptors (Lipinski definition) is 3. The third-order valence-electron chi connectivity index (χ3n) is 5.00. The lowest BCUT2D eigenvalue weighted by molar-refractivity contribution is 0.00577. The van der Waals surface area contributed by atoms with E-state index in [1.165, 1.54) is 25.7 Å². The molecule has 4 heteroatoms. The molecule has 1 heterocycles. The predicted octanol–water partition coefficient (Wildman–Crippen LogP) is 3.94. The first-order valence-corrected chi connectivity index (χ1v) is 9.02. The van der Waals surface area contributed by atoms with E-state index in [0.717, 1.165) is 25.3 Å². The van der Waals surface area contributed by atoms with Crippen LogP contribution in [0.25, 0.3) is 0 Å². The van der Waals surface area contributed by atoms with E-state index < -0.39 is 5.60 Å². The monoisotopic (exact) mass is 310 g/mol. The molecule has 1 saturated heterocycles. The van der Waals surface area contributed by atoms with Crippen LogP contribution >= 0.6 is 0 Å². The van der Waals surface area contributed by atoms with Crippen molar-refractivity contribution in [1.82, 2.24) is 10.2 Å². The molecule has 0 spiro atoms. The number of amides is 1. The van der Waals surface area contributed by atoms with Crippen molar-refractivity contribution in [2.75, 3.05) is 6.54 Å². The van der Waals surface area contributed by atoms with Crippen LogP contribution in [-0.2, 0) is 4.74 Å². The lowest BCUT2D eigenvalue weighted by atomic mass is 9.85. The second kappa shape index (κ2) is 7.20. The number of carbonyl (C=O) groups is 1. The first-order chi connectivity index (χ1) is 10.3. The molecule has 2 rings (SSSR count). The number of likely N-dealkylation sites (tertiary alicyclic amines) is 1. The summed E-state index contributed by atoms with van der Waals surface area (Å²) in [6, 6.07) is 1.23. The number of piperidine rings is 1. The Kier molecular flexibility index (Phi) is 5.76. The van der Waals surface area contributed by atoms with Gasteiger partial charge in [-0.05, 0) is 59.3 Å². The minimum Gasteiger partial charge on any atom is -0.444 e. The van der Waals surface area contributed by atoms with Gasteiger partial charge in [0.15, 0.2) is 0 Å². The van der Waals surface area contributed by atoms with Gasteiger partial charge in [0, 0.05) is 24.7 Å². The Labute approximate surface area is 136 Å². The molecule has 2 aliphatic rings. The van der Waals surface area contributed by atoms with Crippen molar-refractivity contribution >= 4 is 6.09 Å². The van der Waals surface area contributed by atoms with Gasteiger partial charge in [0.25, 0.3) is 0 Å². The summed E-state index contributed by atoms with van der Waals surface area (Å²) in [6.45, 7) is 11.1. The zero-order valence-corrected chi connectivity index (χ0v) is 15.0. The molecule has 22 heavy (non-hydrogen) atoms. The lowest BCUT2D eigenvalue weighted by Crippen LogP contribution is -2.57. The zero-order valence-electron chi connectivity index (χ0n) is 15.0.